The van der Waals surface area contributed by atoms with Gasteiger partial charge in [-0.05, 0) is 37.1 Å². The van der Waals surface area contributed by atoms with E-state index in [1.54, 1.807) is 19.2 Å². The van der Waals surface area contributed by atoms with Gasteiger partial charge in [-0.15, -0.1) is 0 Å². The SMILES string of the molecule is COc1cc(NC(=O)c2cc(C)c(OC)c(C)c2)c(C(N)=O)c(OC)c1. The highest BCUT2D eigenvalue weighted by atomic mass is 16.5. The number of anilines is 1. The molecule has 0 radical (unpaired) electrons. The molecule has 0 unspecified atom stereocenters. The molecule has 3 N–H and O–H groups in total. The molecule has 0 atom stereocenters. The van der Waals surface area contributed by atoms with Gasteiger partial charge in [0.05, 0.1) is 27.0 Å². The molecule has 0 aliphatic rings. The molecule has 0 aliphatic carbocycles. The number of nitrogens with two attached hydrogens (primary N) is 1. The maximum atomic E-state index is 12.7. The summed E-state index contributed by atoms with van der Waals surface area (Å²) in [6.07, 6.45) is 0. The first-order valence-electron chi connectivity index (χ1n) is 7.84. The third kappa shape index (κ3) is 3.72. The lowest BCUT2D eigenvalue weighted by atomic mass is 10.0. The molecule has 138 valence electrons. The second-order valence-electron chi connectivity index (χ2n) is 5.71. The van der Waals surface area contributed by atoms with Crippen LogP contribution in [0.2, 0.25) is 0 Å². The van der Waals surface area contributed by atoms with Gasteiger partial charge in [-0.3, -0.25) is 9.59 Å². The van der Waals surface area contributed by atoms with Crippen LogP contribution in [0.5, 0.6) is 17.2 Å². The van der Waals surface area contributed by atoms with Gasteiger partial charge in [0, 0.05) is 17.7 Å². The van der Waals surface area contributed by atoms with E-state index in [9.17, 15) is 9.59 Å². The lowest BCUT2D eigenvalue weighted by Gasteiger charge is -2.15. The lowest BCUT2D eigenvalue weighted by Crippen LogP contribution is -2.19. The van der Waals surface area contributed by atoms with Crippen LogP contribution in [0, 0.1) is 13.8 Å². The molecule has 0 saturated heterocycles. The van der Waals surface area contributed by atoms with Gasteiger partial charge in [0.2, 0.25) is 0 Å². The Balaban J connectivity index is 2.47. The number of primary amides is 1. The summed E-state index contributed by atoms with van der Waals surface area (Å²) in [7, 11) is 4.46. The van der Waals surface area contributed by atoms with Crippen molar-refractivity contribution >= 4 is 17.5 Å². The summed E-state index contributed by atoms with van der Waals surface area (Å²) in [5.74, 6) is 0.250. The monoisotopic (exact) mass is 358 g/mol. The fourth-order valence-corrected chi connectivity index (χ4v) is 2.82. The normalized spacial score (nSPS) is 10.2. The van der Waals surface area contributed by atoms with E-state index in [0.717, 1.165) is 16.9 Å². The number of carbonyl (C=O) groups is 2. The summed E-state index contributed by atoms with van der Waals surface area (Å²) < 4.78 is 15.7. The average molecular weight is 358 g/mol. The molecule has 2 aromatic carbocycles. The molecule has 0 aromatic heterocycles. The minimum absolute atomic E-state index is 0.0728. The smallest absolute Gasteiger partial charge is 0.255 e. The standard InChI is InChI=1S/C19H22N2O5/c1-10-6-12(7-11(2)17(10)26-5)19(23)21-14-8-13(24-3)9-15(25-4)16(14)18(20)22/h6-9H,1-5H3,(H2,20,22)(H,21,23). The molecule has 0 fully saturated rings. The number of amides is 2. The highest BCUT2D eigenvalue weighted by Gasteiger charge is 2.20. The molecule has 2 rings (SSSR count). The van der Waals surface area contributed by atoms with Gasteiger partial charge in [-0.1, -0.05) is 0 Å². The highest BCUT2D eigenvalue weighted by Crippen LogP contribution is 2.33. The van der Waals surface area contributed by atoms with Crippen LogP contribution in [0.15, 0.2) is 24.3 Å². The summed E-state index contributed by atoms with van der Waals surface area (Å²) in [4.78, 5) is 24.6. The van der Waals surface area contributed by atoms with Crippen molar-refractivity contribution in [2.45, 2.75) is 13.8 Å². The number of aryl methyl sites for hydroxylation is 2. The van der Waals surface area contributed by atoms with Crippen molar-refractivity contribution in [2.75, 3.05) is 26.6 Å². The van der Waals surface area contributed by atoms with E-state index in [2.05, 4.69) is 5.32 Å². The molecule has 2 aromatic rings. The molecule has 0 saturated carbocycles. The quantitative estimate of drug-likeness (QED) is 0.827. The van der Waals surface area contributed by atoms with Gasteiger partial charge in [0.25, 0.3) is 11.8 Å². The summed E-state index contributed by atoms with van der Waals surface area (Å²) in [5, 5.41) is 2.71. The van der Waals surface area contributed by atoms with Gasteiger partial charge in [0.15, 0.2) is 0 Å². The first-order chi connectivity index (χ1) is 12.3. The fourth-order valence-electron chi connectivity index (χ4n) is 2.82. The predicted molar refractivity (Wildman–Crippen MR) is 98.5 cm³/mol. The maximum Gasteiger partial charge on any atom is 0.255 e. The number of ether oxygens (including phenoxy) is 3. The van der Waals surface area contributed by atoms with E-state index >= 15 is 0 Å². The molecule has 0 heterocycles. The van der Waals surface area contributed by atoms with Crippen molar-refractivity contribution in [3.8, 4) is 17.2 Å². The first-order valence-corrected chi connectivity index (χ1v) is 7.84. The van der Waals surface area contributed by atoms with Crippen LogP contribution in [0.25, 0.3) is 0 Å². The fraction of sp³-hybridized carbons (Fsp3) is 0.263. The average Bonchev–Trinajstić information content (AvgIpc) is 2.60. The molecule has 0 bridgehead atoms. The summed E-state index contributed by atoms with van der Waals surface area (Å²) in [6.45, 7) is 3.71. The van der Waals surface area contributed by atoms with Gasteiger partial charge >= 0.3 is 0 Å². The van der Waals surface area contributed by atoms with Crippen molar-refractivity contribution in [3.05, 3.63) is 46.5 Å². The van der Waals surface area contributed by atoms with E-state index in [1.807, 2.05) is 13.8 Å². The second kappa shape index (κ2) is 7.77. The minimum atomic E-state index is -0.720. The van der Waals surface area contributed by atoms with Crippen molar-refractivity contribution < 1.29 is 23.8 Å². The Hall–Kier alpha value is -3.22. The molecule has 2 amide bonds. The van der Waals surface area contributed by atoms with Gasteiger partial charge in [-0.2, -0.15) is 0 Å². The third-order valence-electron chi connectivity index (χ3n) is 3.95. The Kier molecular flexibility index (Phi) is 5.71. The van der Waals surface area contributed by atoms with Crippen molar-refractivity contribution in [1.82, 2.24) is 0 Å². The van der Waals surface area contributed by atoms with E-state index in [-0.39, 0.29) is 17.0 Å². The van der Waals surface area contributed by atoms with Crippen LogP contribution in [0.4, 0.5) is 5.69 Å². The zero-order valence-electron chi connectivity index (χ0n) is 15.4. The molecule has 7 heteroatoms. The highest BCUT2D eigenvalue weighted by molar-refractivity contribution is 6.10. The number of carbonyl (C=O) groups excluding carboxylic acids is 2. The van der Waals surface area contributed by atoms with Crippen LogP contribution in [-0.4, -0.2) is 33.1 Å². The van der Waals surface area contributed by atoms with E-state index < -0.39 is 11.8 Å². The zero-order valence-corrected chi connectivity index (χ0v) is 15.4. The van der Waals surface area contributed by atoms with Crippen LogP contribution in [0.1, 0.15) is 31.8 Å². The van der Waals surface area contributed by atoms with Crippen molar-refractivity contribution in [3.63, 3.8) is 0 Å². The second-order valence-corrected chi connectivity index (χ2v) is 5.71. The van der Waals surface area contributed by atoms with Crippen LogP contribution >= 0.6 is 0 Å². The zero-order chi connectivity index (χ0) is 19.4. The van der Waals surface area contributed by atoms with Gasteiger partial charge < -0.3 is 25.3 Å². The Morgan fingerprint density at radius 2 is 1.54 bits per heavy atom. The summed E-state index contributed by atoms with van der Waals surface area (Å²) >= 11 is 0. The molecule has 0 spiro atoms. The maximum absolute atomic E-state index is 12.7. The Labute approximate surface area is 152 Å². The third-order valence-corrected chi connectivity index (χ3v) is 3.95. The Morgan fingerprint density at radius 1 is 0.923 bits per heavy atom. The molecule has 7 nitrogen and oxygen atoms in total. The van der Waals surface area contributed by atoms with E-state index in [0.29, 0.717) is 11.3 Å². The first kappa shape index (κ1) is 19.1. The number of hydrogen-bond acceptors (Lipinski definition) is 5. The molecule has 0 aliphatic heterocycles. The van der Waals surface area contributed by atoms with E-state index in [4.69, 9.17) is 19.9 Å². The number of hydrogen-bond donors (Lipinski definition) is 2. The largest absolute Gasteiger partial charge is 0.497 e. The predicted octanol–water partition coefficient (Wildman–Crippen LogP) is 2.68. The van der Waals surface area contributed by atoms with Crippen molar-refractivity contribution in [2.24, 2.45) is 5.73 Å². The number of nitrogens with one attached hydrogen (secondary N) is 1. The van der Waals surface area contributed by atoms with Crippen LogP contribution in [-0.2, 0) is 0 Å². The van der Waals surface area contributed by atoms with E-state index in [1.165, 1.54) is 26.4 Å². The van der Waals surface area contributed by atoms with Crippen LogP contribution < -0.4 is 25.3 Å². The lowest BCUT2D eigenvalue weighted by molar-refractivity contribution is 0.0998. The minimum Gasteiger partial charge on any atom is -0.497 e. The number of benzene rings is 2. The summed E-state index contributed by atoms with van der Waals surface area (Å²) in [5.41, 5.74) is 7.83. The summed E-state index contributed by atoms with van der Waals surface area (Å²) in [6, 6.07) is 6.46. The molecule has 26 heavy (non-hydrogen) atoms. The number of methoxy groups -OCH3 is 3. The topological polar surface area (TPSA) is 99.9 Å². The van der Waals surface area contributed by atoms with Gasteiger partial charge in [-0.25, -0.2) is 0 Å². The molecular weight excluding hydrogens is 336 g/mol. The Morgan fingerprint density at radius 3 is 2.00 bits per heavy atom. The van der Waals surface area contributed by atoms with Crippen LogP contribution in [0.3, 0.4) is 0 Å². The van der Waals surface area contributed by atoms with Crippen molar-refractivity contribution in [1.29, 1.82) is 0 Å². The Bertz CT molecular complexity index is 838. The van der Waals surface area contributed by atoms with Gasteiger partial charge in [0.1, 0.15) is 22.8 Å². The molecular formula is C19H22N2O5. The number of rotatable bonds is 6.